The van der Waals surface area contributed by atoms with Crippen LogP contribution in [0.15, 0.2) is 24.3 Å². The maximum absolute atomic E-state index is 10.6. The van der Waals surface area contributed by atoms with Gasteiger partial charge in [0.25, 0.3) is 0 Å². The Balaban J connectivity index is 0.00000256. The summed E-state index contributed by atoms with van der Waals surface area (Å²) < 4.78 is 34.4. The van der Waals surface area contributed by atoms with Crippen LogP contribution in [-0.4, -0.2) is 19.0 Å². The molecule has 0 fully saturated rings. The van der Waals surface area contributed by atoms with Crippen molar-refractivity contribution < 1.29 is 17.2 Å². The predicted octanol–water partition coefficient (Wildman–Crippen LogP) is 1.97. The molecular weight excluding hydrogens is 289 g/mol. The molecule has 3 N–H and O–H groups in total. The molecule has 0 saturated carbocycles. The second-order valence-corrected chi connectivity index (χ2v) is 4.84. The van der Waals surface area contributed by atoms with Gasteiger partial charge in [-0.1, -0.05) is 23.7 Å². The van der Waals surface area contributed by atoms with Crippen LogP contribution in [0.4, 0.5) is 0 Å². The second kappa shape index (κ2) is 6.53. The number of rotatable bonds is 4. The maximum atomic E-state index is 10.6. The van der Waals surface area contributed by atoms with Crippen molar-refractivity contribution in [3.05, 3.63) is 34.9 Å². The molecule has 0 amide bonds. The Morgan fingerprint density at radius 2 is 1.82 bits per heavy atom. The van der Waals surface area contributed by atoms with E-state index in [4.69, 9.17) is 21.9 Å². The Bertz CT molecular complexity index is 447. The van der Waals surface area contributed by atoms with Gasteiger partial charge in [0.05, 0.1) is 0 Å². The predicted molar refractivity (Wildman–Crippen MR) is 67.7 cm³/mol. The molecule has 17 heavy (non-hydrogen) atoms. The van der Waals surface area contributed by atoms with Crippen molar-refractivity contribution in [1.82, 2.24) is 0 Å². The van der Waals surface area contributed by atoms with E-state index in [2.05, 4.69) is 4.18 Å². The average Bonchev–Trinajstić information content (AvgIpc) is 2.14. The molecule has 0 bridgehead atoms. The quantitative estimate of drug-likeness (QED) is 0.830. The van der Waals surface area contributed by atoms with Gasteiger partial charge in [-0.15, -0.1) is 12.4 Å². The van der Waals surface area contributed by atoms with Crippen LogP contribution in [0.2, 0.25) is 5.02 Å². The highest BCUT2D eigenvalue weighted by molar-refractivity contribution is 7.80. The van der Waals surface area contributed by atoms with E-state index in [0.717, 1.165) is 0 Å². The summed E-state index contributed by atoms with van der Waals surface area (Å²) >= 11 is 5.69. The normalized spacial score (nSPS) is 14.8. The minimum atomic E-state index is -4.54. The first-order valence-electron chi connectivity index (χ1n) is 4.46. The van der Waals surface area contributed by atoms with E-state index in [9.17, 15) is 8.42 Å². The zero-order chi connectivity index (χ0) is 12.3. The van der Waals surface area contributed by atoms with Gasteiger partial charge in [0, 0.05) is 11.1 Å². The largest absolute Gasteiger partial charge is 0.398 e. The zero-order valence-corrected chi connectivity index (χ0v) is 11.3. The Labute approximate surface area is 111 Å². The summed E-state index contributed by atoms with van der Waals surface area (Å²) in [5.74, 6) is 0. The average molecular weight is 302 g/mol. The molecule has 0 radical (unpaired) electrons. The fraction of sp³-hybridized carbons (Fsp3) is 0.333. The lowest BCUT2D eigenvalue weighted by atomic mass is 10.0. The molecule has 1 aromatic carbocycles. The van der Waals surface area contributed by atoms with Gasteiger partial charge >= 0.3 is 10.4 Å². The van der Waals surface area contributed by atoms with Crippen LogP contribution in [0.3, 0.4) is 0 Å². The Morgan fingerprint density at radius 3 is 2.18 bits per heavy atom. The molecular formula is C9H13Cl2NO4S. The molecule has 0 aliphatic rings. The first-order chi connectivity index (χ1) is 7.29. The molecule has 2 atom stereocenters. The van der Waals surface area contributed by atoms with Gasteiger partial charge in [0.1, 0.15) is 6.10 Å². The van der Waals surface area contributed by atoms with E-state index in [0.29, 0.717) is 10.6 Å². The molecule has 0 aromatic heterocycles. The molecule has 0 spiro atoms. The summed E-state index contributed by atoms with van der Waals surface area (Å²) in [6, 6.07) is 5.74. The number of benzene rings is 1. The van der Waals surface area contributed by atoms with Gasteiger partial charge in [-0.25, -0.2) is 4.18 Å². The van der Waals surface area contributed by atoms with Crippen LogP contribution >= 0.6 is 24.0 Å². The van der Waals surface area contributed by atoms with Crippen LogP contribution in [0.25, 0.3) is 0 Å². The smallest absolute Gasteiger partial charge is 0.325 e. The van der Waals surface area contributed by atoms with Crippen LogP contribution in [0.1, 0.15) is 18.6 Å². The standard InChI is InChI=1S/C9H12ClNO4S.ClH/c1-6(11)9(15-16(12,13)14)7-2-4-8(10)5-3-7;/h2-6,9H,11H2,1H3,(H,12,13,14);1H. The van der Waals surface area contributed by atoms with Gasteiger partial charge in [0.15, 0.2) is 0 Å². The highest BCUT2D eigenvalue weighted by Crippen LogP contribution is 2.23. The lowest BCUT2D eigenvalue weighted by Crippen LogP contribution is -2.28. The first kappa shape index (κ1) is 16.6. The summed E-state index contributed by atoms with van der Waals surface area (Å²) in [4.78, 5) is 0. The van der Waals surface area contributed by atoms with Crippen LogP contribution in [0, 0.1) is 0 Å². The Morgan fingerprint density at radius 1 is 1.35 bits per heavy atom. The van der Waals surface area contributed by atoms with E-state index < -0.39 is 22.5 Å². The number of hydrogen-bond donors (Lipinski definition) is 2. The van der Waals surface area contributed by atoms with Gasteiger partial charge < -0.3 is 5.73 Å². The van der Waals surface area contributed by atoms with Crippen molar-refractivity contribution in [2.75, 3.05) is 0 Å². The molecule has 8 heteroatoms. The molecule has 5 nitrogen and oxygen atoms in total. The molecule has 2 unspecified atom stereocenters. The van der Waals surface area contributed by atoms with Crippen molar-refractivity contribution in [3.8, 4) is 0 Å². The minimum absolute atomic E-state index is 0. The SMILES string of the molecule is CC(N)C(OS(=O)(=O)O)c1ccc(Cl)cc1.Cl. The summed E-state index contributed by atoms with van der Waals surface area (Å²) in [5, 5.41) is 0.513. The second-order valence-electron chi connectivity index (χ2n) is 3.36. The van der Waals surface area contributed by atoms with Crippen LogP contribution < -0.4 is 5.73 Å². The highest BCUT2D eigenvalue weighted by atomic mass is 35.5. The summed E-state index contributed by atoms with van der Waals surface area (Å²) in [7, 11) is -4.54. The molecule has 0 saturated heterocycles. The van der Waals surface area contributed by atoms with Gasteiger partial charge in [-0.05, 0) is 24.6 Å². The third kappa shape index (κ3) is 5.67. The summed E-state index contributed by atoms with van der Waals surface area (Å²) in [6.45, 7) is 1.57. The molecule has 0 heterocycles. The number of halogens is 2. The van der Waals surface area contributed by atoms with E-state index >= 15 is 0 Å². The third-order valence-corrected chi connectivity index (χ3v) is 2.60. The number of nitrogens with two attached hydrogens (primary N) is 1. The maximum Gasteiger partial charge on any atom is 0.398 e. The van der Waals surface area contributed by atoms with Crippen molar-refractivity contribution in [1.29, 1.82) is 0 Å². The topological polar surface area (TPSA) is 89.6 Å². The van der Waals surface area contributed by atoms with Crippen LogP contribution in [-0.2, 0) is 14.6 Å². The summed E-state index contributed by atoms with van der Waals surface area (Å²) in [5.41, 5.74) is 6.11. The highest BCUT2D eigenvalue weighted by Gasteiger charge is 2.22. The lowest BCUT2D eigenvalue weighted by molar-refractivity contribution is 0.163. The first-order valence-corrected chi connectivity index (χ1v) is 6.20. The lowest BCUT2D eigenvalue weighted by Gasteiger charge is -2.19. The van der Waals surface area contributed by atoms with Crippen molar-refractivity contribution in [2.45, 2.75) is 19.1 Å². The van der Waals surface area contributed by atoms with E-state index in [-0.39, 0.29) is 12.4 Å². The minimum Gasteiger partial charge on any atom is -0.325 e. The fourth-order valence-corrected chi connectivity index (χ4v) is 1.90. The fourth-order valence-electron chi connectivity index (χ4n) is 1.23. The van der Waals surface area contributed by atoms with Gasteiger partial charge in [0.2, 0.25) is 0 Å². The zero-order valence-electron chi connectivity index (χ0n) is 8.91. The molecule has 1 rings (SSSR count). The monoisotopic (exact) mass is 301 g/mol. The Hall–Kier alpha value is -0.370. The summed E-state index contributed by atoms with van der Waals surface area (Å²) in [6.07, 6.45) is -0.938. The van der Waals surface area contributed by atoms with Gasteiger partial charge in [-0.2, -0.15) is 8.42 Å². The van der Waals surface area contributed by atoms with Crippen molar-refractivity contribution in [3.63, 3.8) is 0 Å². The van der Waals surface area contributed by atoms with E-state index in [1.54, 1.807) is 31.2 Å². The van der Waals surface area contributed by atoms with Crippen molar-refractivity contribution in [2.24, 2.45) is 5.73 Å². The number of hydrogen-bond acceptors (Lipinski definition) is 4. The molecule has 1 aromatic rings. The van der Waals surface area contributed by atoms with E-state index in [1.165, 1.54) is 0 Å². The van der Waals surface area contributed by atoms with Gasteiger partial charge in [-0.3, -0.25) is 4.55 Å². The molecule has 0 aliphatic heterocycles. The van der Waals surface area contributed by atoms with E-state index in [1.807, 2.05) is 0 Å². The Kier molecular flexibility index (Phi) is 6.39. The van der Waals surface area contributed by atoms with Crippen molar-refractivity contribution >= 4 is 34.4 Å². The van der Waals surface area contributed by atoms with Crippen LogP contribution in [0.5, 0.6) is 0 Å². The molecule has 98 valence electrons. The molecule has 0 aliphatic carbocycles. The third-order valence-electron chi connectivity index (χ3n) is 1.90.